The Labute approximate surface area is 140 Å². The summed E-state index contributed by atoms with van der Waals surface area (Å²) in [5, 5.41) is 2.68. The maximum Gasteiger partial charge on any atom is 0.253 e. The molecule has 0 aliphatic heterocycles. The highest BCUT2D eigenvalue weighted by Gasteiger charge is 2.09. The van der Waals surface area contributed by atoms with Crippen LogP contribution in [0.15, 0.2) is 59.7 Å². The SMILES string of the molecule is O=C(NCc1cc(Br)ccc1F)c1ccc(-n2ccnc2)nc1. The maximum absolute atomic E-state index is 13.6. The standard InChI is InChI=1S/C16H12BrFN4O/c17-13-2-3-14(18)12(7-13)9-21-16(23)11-1-4-15(20-8-11)22-6-5-19-10-22/h1-8,10H,9H2,(H,21,23). The molecule has 5 nitrogen and oxygen atoms in total. The zero-order valence-electron chi connectivity index (χ0n) is 11.9. The molecule has 23 heavy (non-hydrogen) atoms. The van der Waals surface area contributed by atoms with Crippen LogP contribution in [0.4, 0.5) is 4.39 Å². The molecule has 3 aromatic rings. The van der Waals surface area contributed by atoms with E-state index in [1.807, 2.05) is 0 Å². The van der Waals surface area contributed by atoms with Gasteiger partial charge < -0.3 is 5.32 Å². The van der Waals surface area contributed by atoms with Crippen LogP contribution >= 0.6 is 15.9 Å². The van der Waals surface area contributed by atoms with Crippen LogP contribution in [0.3, 0.4) is 0 Å². The molecule has 0 spiro atoms. The van der Waals surface area contributed by atoms with Crippen molar-refractivity contribution in [1.29, 1.82) is 0 Å². The number of rotatable bonds is 4. The molecule has 0 saturated carbocycles. The van der Waals surface area contributed by atoms with Gasteiger partial charge in [-0.1, -0.05) is 15.9 Å². The van der Waals surface area contributed by atoms with E-state index in [1.54, 1.807) is 47.6 Å². The summed E-state index contributed by atoms with van der Waals surface area (Å²) in [6.45, 7) is 0.105. The minimum Gasteiger partial charge on any atom is -0.348 e. The fraction of sp³-hybridized carbons (Fsp3) is 0.0625. The highest BCUT2D eigenvalue weighted by Crippen LogP contribution is 2.15. The number of imidazole rings is 1. The molecular formula is C16H12BrFN4O. The summed E-state index contributed by atoms with van der Waals surface area (Å²) in [6, 6.07) is 7.98. The van der Waals surface area contributed by atoms with Gasteiger partial charge >= 0.3 is 0 Å². The van der Waals surface area contributed by atoms with E-state index in [2.05, 4.69) is 31.2 Å². The Bertz CT molecular complexity index is 819. The number of aromatic nitrogens is 3. The highest BCUT2D eigenvalue weighted by atomic mass is 79.9. The van der Waals surface area contributed by atoms with Crippen LogP contribution in [0.5, 0.6) is 0 Å². The second-order valence-electron chi connectivity index (χ2n) is 4.79. The number of nitrogens with one attached hydrogen (secondary N) is 1. The molecule has 0 aliphatic rings. The summed E-state index contributed by atoms with van der Waals surface area (Å²) < 4.78 is 16.1. The number of carbonyl (C=O) groups is 1. The van der Waals surface area contributed by atoms with Crippen LogP contribution in [0.1, 0.15) is 15.9 Å². The molecule has 1 aromatic carbocycles. The molecule has 7 heteroatoms. The third kappa shape index (κ3) is 3.62. The van der Waals surface area contributed by atoms with E-state index >= 15 is 0 Å². The van der Waals surface area contributed by atoms with Crippen molar-refractivity contribution < 1.29 is 9.18 Å². The molecule has 0 fully saturated rings. The summed E-state index contributed by atoms with van der Waals surface area (Å²) in [6.07, 6.45) is 6.51. The van der Waals surface area contributed by atoms with E-state index in [4.69, 9.17) is 0 Å². The first-order valence-corrected chi connectivity index (χ1v) is 7.59. The van der Waals surface area contributed by atoms with Crippen molar-refractivity contribution in [3.8, 4) is 5.82 Å². The van der Waals surface area contributed by atoms with Gasteiger partial charge in [0.05, 0.1) is 5.56 Å². The predicted octanol–water partition coefficient (Wildman–Crippen LogP) is 3.10. The van der Waals surface area contributed by atoms with E-state index in [0.717, 1.165) is 4.47 Å². The first-order valence-electron chi connectivity index (χ1n) is 6.80. The molecule has 1 N–H and O–H groups in total. The summed E-state index contributed by atoms with van der Waals surface area (Å²) in [7, 11) is 0. The monoisotopic (exact) mass is 374 g/mol. The molecule has 0 atom stereocenters. The second-order valence-corrected chi connectivity index (χ2v) is 5.71. The van der Waals surface area contributed by atoms with Crippen LogP contribution in [-0.2, 0) is 6.54 Å². The number of hydrogen-bond donors (Lipinski definition) is 1. The van der Waals surface area contributed by atoms with Crippen LogP contribution in [-0.4, -0.2) is 20.4 Å². The molecule has 0 radical (unpaired) electrons. The van der Waals surface area contributed by atoms with Gasteiger partial charge in [-0.05, 0) is 30.3 Å². The number of pyridine rings is 1. The molecule has 2 aromatic heterocycles. The summed E-state index contributed by atoms with van der Waals surface area (Å²) >= 11 is 3.28. The largest absolute Gasteiger partial charge is 0.348 e. The zero-order valence-corrected chi connectivity index (χ0v) is 13.5. The van der Waals surface area contributed by atoms with Crippen LogP contribution in [0, 0.1) is 5.82 Å². The van der Waals surface area contributed by atoms with Gasteiger partial charge in [0.25, 0.3) is 5.91 Å². The summed E-state index contributed by atoms with van der Waals surface area (Å²) in [5.41, 5.74) is 0.819. The van der Waals surface area contributed by atoms with Gasteiger partial charge in [-0.15, -0.1) is 0 Å². The lowest BCUT2D eigenvalue weighted by Crippen LogP contribution is -2.23. The van der Waals surface area contributed by atoms with Gasteiger partial charge in [-0.3, -0.25) is 9.36 Å². The van der Waals surface area contributed by atoms with Crippen molar-refractivity contribution in [1.82, 2.24) is 19.9 Å². The van der Waals surface area contributed by atoms with E-state index in [-0.39, 0.29) is 18.3 Å². The molecule has 116 valence electrons. The number of nitrogens with zero attached hydrogens (tertiary/aromatic N) is 3. The zero-order chi connectivity index (χ0) is 16.2. The quantitative estimate of drug-likeness (QED) is 0.763. The van der Waals surface area contributed by atoms with Crippen molar-refractivity contribution in [2.45, 2.75) is 6.54 Å². The average Bonchev–Trinajstić information content (AvgIpc) is 3.10. The van der Waals surface area contributed by atoms with E-state index in [1.165, 1.54) is 12.3 Å². The first kappa shape index (κ1) is 15.4. The van der Waals surface area contributed by atoms with Crippen molar-refractivity contribution in [2.75, 3.05) is 0 Å². The normalized spacial score (nSPS) is 10.5. The Morgan fingerprint density at radius 2 is 2.17 bits per heavy atom. The maximum atomic E-state index is 13.6. The van der Waals surface area contributed by atoms with Gasteiger partial charge in [0.2, 0.25) is 0 Å². The lowest BCUT2D eigenvalue weighted by molar-refractivity contribution is 0.0950. The highest BCUT2D eigenvalue weighted by molar-refractivity contribution is 9.10. The fourth-order valence-corrected chi connectivity index (χ4v) is 2.43. The van der Waals surface area contributed by atoms with Crippen molar-refractivity contribution >= 4 is 21.8 Å². The van der Waals surface area contributed by atoms with Crippen molar-refractivity contribution in [3.05, 3.63) is 76.7 Å². The van der Waals surface area contributed by atoms with Crippen molar-refractivity contribution in [2.24, 2.45) is 0 Å². The van der Waals surface area contributed by atoms with E-state index < -0.39 is 0 Å². The number of benzene rings is 1. The molecular weight excluding hydrogens is 363 g/mol. The predicted molar refractivity (Wildman–Crippen MR) is 86.6 cm³/mol. The third-order valence-electron chi connectivity index (χ3n) is 3.23. The lowest BCUT2D eigenvalue weighted by Gasteiger charge is -2.07. The third-order valence-corrected chi connectivity index (χ3v) is 3.72. The van der Waals surface area contributed by atoms with Crippen molar-refractivity contribution in [3.63, 3.8) is 0 Å². The molecule has 2 heterocycles. The smallest absolute Gasteiger partial charge is 0.253 e. The summed E-state index contributed by atoms with van der Waals surface area (Å²) in [4.78, 5) is 20.3. The Morgan fingerprint density at radius 3 is 2.87 bits per heavy atom. The van der Waals surface area contributed by atoms with Crippen LogP contribution in [0.2, 0.25) is 0 Å². The van der Waals surface area contributed by atoms with Gasteiger partial charge in [0.15, 0.2) is 0 Å². The number of carbonyl (C=O) groups excluding carboxylic acids is 1. The Balaban J connectivity index is 1.67. The molecule has 0 unspecified atom stereocenters. The van der Waals surface area contributed by atoms with Gasteiger partial charge in [-0.2, -0.15) is 0 Å². The molecule has 0 aliphatic carbocycles. The fourth-order valence-electron chi connectivity index (χ4n) is 2.02. The van der Waals surface area contributed by atoms with E-state index in [0.29, 0.717) is 16.9 Å². The first-order chi connectivity index (χ1) is 11.1. The Hall–Kier alpha value is -2.54. The molecule has 0 bridgehead atoms. The molecule has 0 saturated heterocycles. The van der Waals surface area contributed by atoms with Crippen LogP contribution < -0.4 is 5.32 Å². The average molecular weight is 375 g/mol. The number of hydrogen-bond acceptors (Lipinski definition) is 3. The number of halogens is 2. The van der Waals surface area contributed by atoms with Crippen LogP contribution in [0.25, 0.3) is 5.82 Å². The number of amides is 1. The van der Waals surface area contributed by atoms with Gasteiger partial charge in [0, 0.05) is 35.2 Å². The van der Waals surface area contributed by atoms with Gasteiger partial charge in [0.1, 0.15) is 18.0 Å². The minimum atomic E-state index is -0.359. The molecule has 1 amide bonds. The summed E-state index contributed by atoms with van der Waals surface area (Å²) in [5.74, 6) is -0.00628. The lowest BCUT2D eigenvalue weighted by atomic mass is 10.2. The molecule has 3 rings (SSSR count). The Kier molecular flexibility index (Phi) is 4.47. The minimum absolute atomic E-state index is 0.105. The van der Waals surface area contributed by atoms with Gasteiger partial charge in [-0.25, -0.2) is 14.4 Å². The topological polar surface area (TPSA) is 59.8 Å². The van der Waals surface area contributed by atoms with E-state index in [9.17, 15) is 9.18 Å². The Morgan fingerprint density at radius 1 is 1.30 bits per heavy atom. The second kappa shape index (κ2) is 6.70.